The van der Waals surface area contributed by atoms with E-state index in [-0.39, 0.29) is 81.9 Å². The zero-order valence-electron chi connectivity index (χ0n) is 19.7. The molecule has 0 saturated carbocycles. The second-order valence-electron chi connectivity index (χ2n) is 7.10. The van der Waals surface area contributed by atoms with Crippen LogP contribution in [0.2, 0.25) is 0 Å². The van der Waals surface area contributed by atoms with Crippen LogP contribution >= 0.6 is 0 Å². The quantitative estimate of drug-likeness (QED) is 0.228. The largest absolute Gasteiger partial charge is 3.00 e. The zero-order chi connectivity index (χ0) is 26.3. The van der Waals surface area contributed by atoms with Gasteiger partial charge >= 0.3 is 34.1 Å². The van der Waals surface area contributed by atoms with E-state index >= 15 is 0 Å². The maximum Gasteiger partial charge on any atom is 3.00 e. The number of nitrogens with zero attached hydrogens (tertiary/aromatic N) is 3. The molecule has 0 atom stereocenters. The predicted molar refractivity (Wildman–Crippen MR) is 126 cm³/mol. The van der Waals surface area contributed by atoms with Crippen molar-refractivity contribution in [2.75, 3.05) is 0 Å². The van der Waals surface area contributed by atoms with E-state index in [1.165, 1.54) is 36.4 Å². The molecule has 41 heavy (non-hydrogen) atoms. The first kappa shape index (κ1) is 40.0. The summed E-state index contributed by atoms with van der Waals surface area (Å²) in [6.07, 6.45) is 0. The molecule has 6 rings (SSSR count). The number of hydrogen-bond acceptors (Lipinski definition) is 12. The SMILES string of the molecule is O=S1(=O)N=C([O-])c2ccccc21.O=S1(=O)N=C([O-])c2ccccc21.O=S1(=O)N=C([O-])c2ccccc21.[Fe+3].[Fe+3].[OH-].[OH-].[OH-]. The van der Waals surface area contributed by atoms with Crippen LogP contribution < -0.4 is 15.3 Å². The Balaban J connectivity index is 0. The van der Waals surface area contributed by atoms with Gasteiger partial charge in [-0.05, 0) is 18.2 Å². The fourth-order valence-electron chi connectivity index (χ4n) is 3.23. The molecule has 3 aromatic carbocycles. The molecule has 0 fully saturated rings. The van der Waals surface area contributed by atoms with Crippen molar-refractivity contribution in [2.24, 2.45) is 13.2 Å². The first-order valence-corrected chi connectivity index (χ1v) is 14.0. The maximum absolute atomic E-state index is 11.1. The van der Waals surface area contributed by atoms with Crippen molar-refractivity contribution in [3.63, 3.8) is 0 Å². The van der Waals surface area contributed by atoms with Gasteiger partial charge in [0.15, 0.2) is 0 Å². The molecule has 0 spiro atoms. The summed E-state index contributed by atoms with van der Waals surface area (Å²) in [6.45, 7) is 0. The summed E-state index contributed by atoms with van der Waals surface area (Å²) < 4.78 is 75.5. The van der Waals surface area contributed by atoms with E-state index in [0.29, 0.717) is 0 Å². The van der Waals surface area contributed by atoms with E-state index in [9.17, 15) is 40.6 Å². The van der Waals surface area contributed by atoms with Crippen molar-refractivity contribution in [2.45, 2.75) is 14.7 Å². The van der Waals surface area contributed by atoms with Gasteiger partial charge in [0.1, 0.15) is 0 Å². The number of fused-ring (bicyclic) bond motifs is 3. The Bertz CT molecular complexity index is 1610. The van der Waals surface area contributed by atoms with E-state index in [0.717, 1.165) is 0 Å². The summed E-state index contributed by atoms with van der Waals surface area (Å²) in [4.78, 5) is 0.0278. The van der Waals surface area contributed by atoms with Gasteiger partial charge in [-0.1, -0.05) is 54.6 Å². The van der Waals surface area contributed by atoms with Crippen LogP contribution in [0.4, 0.5) is 0 Å². The number of benzene rings is 3. The van der Waals surface area contributed by atoms with E-state index < -0.39 is 47.8 Å². The van der Waals surface area contributed by atoms with E-state index in [1.54, 1.807) is 36.4 Å². The normalized spacial score (nSPS) is 16.2. The van der Waals surface area contributed by atoms with Crippen LogP contribution in [0, 0.1) is 0 Å². The minimum atomic E-state index is -3.68. The Morgan fingerprint density at radius 2 is 0.610 bits per heavy atom. The van der Waals surface area contributed by atoms with Gasteiger partial charge in [0.05, 0.1) is 14.7 Å². The molecule has 3 N–H and O–H groups in total. The molecule has 20 heteroatoms. The van der Waals surface area contributed by atoms with Gasteiger partial charge in [-0.25, -0.2) is 0 Å². The zero-order valence-corrected chi connectivity index (χ0v) is 24.4. The summed E-state index contributed by atoms with van der Waals surface area (Å²) in [5.41, 5.74) is 0.493. The molecule has 3 aliphatic heterocycles. The topological polar surface area (TPSA) is 299 Å². The minimum Gasteiger partial charge on any atom is -0.870 e. The number of hydrogen-bond donors (Lipinski definition) is 0. The Morgan fingerprint density at radius 3 is 0.805 bits per heavy atom. The van der Waals surface area contributed by atoms with Crippen LogP contribution in [0.3, 0.4) is 0 Å². The van der Waals surface area contributed by atoms with Crippen LogP contribution in [0.5, 0.6) is 0 Å². The third kappa shape index (κ3) is 7.98. The van der Waals surface area contributed by atoms with Gasteiger partial charge in [-0.15, -0.1) is 0 Å². The van der Waals surface area contributed by atoms with Crippen molar-refractivity contribution < 1.29 is 91.1 Å². The van der Waals surface area contributed by atoms with Crippen molar-refractivity contribution >= 4 is 47.8 Å². The van der Waals surface area contributed by atoms with Crippen molar-refractivity contribution in [3.8, 4) is 0 Å². The average molecular weight is 709 g/mol. The van der Waals surface area contributed by atoms with Crippen molar-refractivity contribution in [1.82, 2.24) is 0 Å². The summed E-state index contributed by atoms with van der Waals surface area (Å²) in [5.74, 6) is -2.03. The van der Waals surface area contributed by atoms with Gasteiger partial charge in [0.25, 0.3) is 30.1 Å². The molecule has 0 unspecified atom stereocenters. The third-order valence-electron chi connectivity index (χ3n) is 4.80. The summed E-state index contributed by atoms with van der Waals surface area (Å²) in [5, 5.41) is 32.8. The molecule has 0 bridgehead atoms. The molecule has 15 nitrogen and oxygen atoms in total. The fraction of sp³-hybridized carbons (Fsp3) is 0. The molecule has 0 amide bonds. The Morgan fingerprint density at radius 1 is 0.415 bits per heavy atom. The van der Waals surface area contributed by atoms with Crippen LogP contribution in [0.25, 0.3) is 0 Å². The summed E-state index contributed by atoms with van der Waals surface area (Å²) in [6, 6.07) is 18.0. The smallest absolute Gasteiger partial charge is 0.870 e. The molecule has 220 valence electrons. The van der Waals surface area contributed by atoms with Crippen molar-refractivity contribution in [3.05, 3.63) is 89.5 Å². The van der Waals surface area contributed by atoms with E-state index in [2.05, 4.69) is 13.2 Å². The van der Waals surface area contributed by atoms with Gasteiger partial charge < -0.3 is 31.7 Å². The Kier molecular flexibility index (Phi) is 14.3. The molecule has 3 heterocycles. The number of rotatable bonds is 0. The summed E-state index contributed by atoms with van der Waals surface area (Å²) in [7, 11) is -11.0. The maximum atomic E-state index is 11.1. The first-order chi connectivity index (χ1) is 16.8. The molecule has 0 saturated heterocycles. The molecule has 3 aliphatic rings. The second-order valence-corrected chi connectivity index (χ2v) is 11.8. The van der Waals surface area contributed by atoms with Gasteiger partial charge in [-0.2, -0.15) is 38.4 Å². The van der Waals surface area contributed by atoms with Gasteiger partial charge in [-0.3, -0.25) is 0 Å². The Labute approximate surface area is 255 Å². The number of sulfonamides is 3. The van der Waals surface area contributed by atoms with Crippen LogP contribution in [0.15, 0.2) is 101 Å². The second kappa shape index (κ2) is 14.6. The molecular weight excluding hydrogens is 694 g/mol. The molecule has 2 radical (unpaired) electrons. The molecular formula is C21H15Fe2N3O12S3. The van der Waals surface area contributed by atoms with Crippen LogP contribution in [0.1, 0.15) is 16.7 Å². The Hall–Kier alpha value is -3.16. The molecule has 0 aliphatic carbocycles. The predicted octanol–water partition coefficient (Wildman–Crippen LogP) is -2.05. The summed E-state index contributed by atoms with van der Waals surface area (Å²) >= 11 is 0. The van der Waals surface area contributed by atoms with Gasteiger partial charge in [0, 0.05) is 34.4 Å². The third-order valence-corrected chi connectivity index (χ3v) is 8.75. The van der Waals surface area contributed by atoms with Crippen LogP contribution in [-0.4, -0.2) is 59.4 Å². The van der Waals surface area contributed by atoms with E-state index in [4.69, 9.17) is 0 Å². The standard InChI is InChI=1S/3C7H5NO3S.2Fe.3H2O/c3*9-7-5-3-1-2-4-6(5)12(10,11)8-7;;;;;/h3*1-4H,(H,8,9);;;3*1H2/q;;;2*+3;;;/p-6. The molecule has 3 aromatic rings. The molecule has 0 aromatic heterocycles. The average Bonchev–Trinajstić information content (AvgIpc) is 3.32. The fourth-order valence-corrected chi connectivity index (χ4v) is 6.52. The van der Waals surface area contributed by atoms with Crippen molar-refractivity contribution in [1.29, 1.82) is 0 Å². The van der Waals surface area contributed by atoms with E-state index in [1.807, 2.05) is 0 Å². The minimum absolute atomic E-state index is 0. The van der Waals surface area contributed by atoms with Crippen LogP contribution in [-0.2, 0) is 64.2 Å². The first-order valence-electron chi connectivity index (χ1n) is 9.68. The van der Waals surface area contributed by atoms with Gasteiger partial charge in [0.2, 0.25) is 0 Å². The monoisotopic (exact) mass is 709 g/mol.